The number of ether oxygens (including phenoxy) is 1. The second-order valence-corrected chi connectivity index (χ2v) is 7.96. The van der Waals surface area contributed by atoms with Crippen LogP contribution < -0.4 is 4.74 Å². The highest BCUT2D eigenvalue weighted by molar-refractivity contribution is 5.85. The van der Waals surface area contributed by atoms with Gasteiger partial charge >= 0.3 is 0 Å². The van der Waals surface area contributed by atoms with Gasteiger partial charge in [0.05, 0.1) is 13.2 Å². The van der Waals surface area contributed by atoms with Crippen molar-refractivity contribution < 1.29 is 9.26 Å². The van der Waals surface area contributed by atoms with Gasteiger partial charge in [-0.2, -0.15) is 4.98 Å². The largest absolute Gasteiger partial charge is 0.497 e. The highest BCUT2D eigenvalue weighted by atomic mass is 16.5. The average molecular weight is 402 g/mol. The third-order valence-electron chi connectivity index (χ3n) is 6.27. The molecule has 0 aliphatic carbocycles. The van der Waals surface area contributed by atoms with E-state index in [1.165, 1.54) is 16.5 Å². The number of hydrogen-bond donors (Lipinski definition) is 1. The molecule has 2 aromatic carbocycles. The second-order valence-electron chi connectivity index (χ2n) is 7.96. The average Bonchev–Trinajstić information content (AvgIpc) is 3.46. The number of fused-ring (bicyclic) bond motifs is 1. The zero-order chi connectivity index (χ0) is 20.5. The van der Waals surface area contributed by atoms with Crippen LogP contribution in [0.3, 0.4) is 0 Å². The lowest BCUT2D eigenvalue weighted by Crippen LogP contribution is -2.35. The molecule has 6 heteroatoms. The summed E-state index contributed by atoms with van der Waals surface area (Å²) in [6.07, 6.45) is 4.38. The first-order valence-corrected chi connectivity index (χ1v) is 10.5. The number of piperidine rings is 1. The number of likely N-dealkylation sites (tertiary alicyclic amines) is 1. The molecule has 3 heterocycles. The molecule has 2 aromatic heterocycles. The van der Waals surface area contributed by atoms with Crippen molar-refractivity contribution in [2.45, 2.75) is 31.7 Å². The van der Waals surface area contributed by atoms with Crippen LogP contribution in [0.25, 0.3) is 22.3 Å². The maximum Gasteiger partial charge on any atom is 0.244 e. The molecule has 1 N–H and O–H groups in total. The molecule has 0 bridgehead atoms. The molecule has 1 unspecified atom stereocenters. The molecule has 1 fully saturated rings. The van der Waals surface area contributed by atoms with Gasteiger partial charge < -0.3 is 14.2 Å². The smallest absolute Gasteiger partial charge is 0.244 e. The maximum absolute atomic E-state index is 5.59. The predicted molar refractivity (Wildman–Crippen MR) is 117 cm³/mol. The van der Waals surface area contributed by atoms with Gasteiger partial charge in [-0.05, 0) is 62.5 Å². The third kappa shape index (κ3) is 3.48. The van der Waals surface area contributed by atoms with E-state index >= 15 is 0 Å². The standard InChI is InChI=1S/C24H26N4O2/c1-16(24-26-23(27-30-24)18-6-4-3-5-7-18)28-12-10-17(11-13-28)21-15-25-22-9-8-19(29-2)14-20(21)22/h3-9,14-17,25H,10-13H2,1-2H3. The fraction of sp³-hybridized carbons (Fsp3) is 0.333. The van der Waals surface area contributed by atoms with Gasteiger partial charge in [0.1, 0.15) is 5.75 Å². The van der Waals surface area contributed by atoms with Crippen LogP contribution in [-0.2, 0) is 0 Å². The Morgan fingerprint density at radius 3 is 2.70 bits per heavy atom. The molecular weight excluding hydrogens is 376 g/mol. The molecule has 0 radical (unpaired) electrons. The normalized spacial score (nSPS) is 16.7. The van der Waals surface area contributed by atoms with E-state index in [0.29, 0.717) is 17.6 Å². The number of hydrogen-bond acceptors (Lipinski definition) is 5. The summed E-state index contributed by atoms with van der Waals surface area (Å²) in [4.78, 5) is 10.5. The number of nitrogens with one attached hydrogen (secondary N) is 1. The molecule has 4 aromatic rings. The SMILES string of the molecule is COc1ccc2[nH]cc(C3CCN(C(C)c4nc(-c5ccccc5)no4)CC3)c2c1. The molecule has 0 spiro atoms. The Labute approximate surface area is 175 Å². The first-order valence-electron chi connectivity index (χ1n) is 10.5. The summed E-state index contributed by atoms with van der Waals surface area (Å²) >= 11 is 0. The maximum atomic E-state index is 5.59. The topological polar surface area (TPSA) is 67.2 Å². The summed E-state index contributed by atoms with van der Waals surface area (Å²) in [5.41, 5.74) is 3.54. The van der Waals surface area contributed by atoms with Crippen molar-refractivity contribution in [2.75, 3.05) is 20.2 Å². The van der Waals surface area contributed by atoms with Gasteiger partial charge in [0.15, 0.2) is 0 Å². The predicted octanol–water partition coefficient (Wildman–Crippen LogP) is 5.17. The molecule has 6 nitrogen and oxygen atoms in total. The van der Waals surface area contributed by atoms with E-state index in [2.05, 4.69) is 45.3 Å². The highest BCUT2D eigenvalue weighted by Gasteiger charge is 2.28. The van der Waals surface area contributed by atoms with Crippen LogP contribution in [0.15, 0.2) is 59.3 Å². The van der Waals surface area contributed by atoms with Gasteiger partial charge in [0, 0.05) is 22.7 Å². The Bertz CT molecular complexity index is 1130. The zero-order valence-corrected chi connectivity index (χ0v) is 17.3. The fourth-order valence-corrected chi connectivity index (χ4v) is 4.45. The quantitative estimate of drug-likeness (QED) is 0.499. The molecule has 1 saturated heterocycles. The highest BCUT2D eigenvalue weighted by Crippen LogP contribution is 2.36. The minimum atomic E-state index is 0.110. The van der Waals surface area contributed by atoms with Crippen LogP contribution in [0.4, 0.5) is 0 Å². The third-order valence-corrected chi connectivity index (χ3v) is 6.27. The Kier molecular flexibility index (Phi) is 5.01. The molecule has 154 valence electrons. The molecule has 1 aliphatic heterocycles. The van der Waals surface area contributed by atoms with Crippen molar-refractivity contribution in [2.24, 2.45) is 0 Å². The van der Waals surface area contributed by atoms with Crippen LogP contribution >= 0.6 is 0 Å². The van der Waals surface area contributed by atoms with E-state index in [9.17, 15) is 0 Å². The van der Waals surface area contributed by atoms with E-state index in [1.54, 1.807) is 7.11 Å². The summed E-state index contributed by atoms with van der Waals surface area (Å²) in [5, 5.41) is 5.45. The summed E-state index contributed by atoms with van der Waals surface area (Å²) in [6, 6.07) is 16.3. The van der Waals surface area contributed by atoms with Crippen LogP contribution in [0.1, 0.15) is 43.2 Å². The Morgan fingerprint density at radius 1 is 1.13 bits per heavy atom. The van der Waals surface area contributed by atoms with E-state index in [-0.39, 0.29) is 6.04 Å². The van der Waals surface area contributed by atoms with Gasteiger partial charge in [0.2, 0.25) is 11.7 Å². The van der Waals surface area contributed by atoms with Crippen molar-refractivity contribution in [3.63, 3.8) is 0 Å². The Morgan fingerprint density at radius 2 is 1.93 bits per heavy atom. The lowest BCUT2D eigenvalue weighted by molar-refractivity contribution is 0.136. The first-order chi connectivity index (χ1) is 14.7. The van der Waals surface area contributed by atoms with Gasteiger partial charge in [-0.15, -0.1) is 0 Å². The van der Waals surface area contributed by atoms with Gasteiger partial charge in [-0.25, -0.2) is 0 Å². The number of H-pyrrole nitrogens is 1. The van der Waals surface area contributed by atoms with Crippen molar-refractivity contribution in [3.05, 3.63) is 66.2 Å². The number of aromatic amines is 1. The Hall–Kier alpha value is -3.12. The summed E-state index contributed by atoms with van der Waals surface area (Å²) in [6.45, 7) is 4.16. The number of benzene rings is 2. The first kappa shape index (κ1) is 18.9. The van der Waals surface area contributed by atoms with E-state index in [0.717, 1.165) is 37.2 Å². The van der Waals surface area contributed by atoms with Gasteiger partial charge in [-0.3, -0.25) is 4.90 Å². The summed E-state index contributed by atoms with van der Waals surface area (Å²) in [5.74, 6) is 2.78. The van der Waals surface area contributed by atoms with Gasteiger partial charge in [-0.1, -0.05) is 35.5 Å². The van der Waals surface area contributed by atoms with Crippen molar-refractivity contribution in [1.82, 2.24) is 20.0 Å². The fourth-order valence-electron chi connectivity index (χ4n) is 4.45. The van der Waals surface area contributed by atoms with E-state index in [4.69, 9.17) is 9.26 Å². The lowest BCUT2D eigenvalue weighted by Gasteiger charge is -2.34. The van der Waals surface area contributed by atoms with Crippen molar-refractivity contribution >= 4 is 10.9 Å². The summed E-state index contributed by atoms with van der Waals surface area (Å²) < 4.78 is 11.0. The molecule has 0 amide bonds. The molecule has 0 saturated carbocycles. The van der Waals surface area contributed by atoms with Crippen LogP contribution in [0.5, 0.6) is 5.75 Å². The van der Waals surface area contributed by atoms with Gasteiger partial charge in [0.25, 0.3) is 0 Å². The monoisotopic (exact) mass is 402 g/mol. The van der Waals surface area contributed by atoms with E-state index < -0.39 is 0 Å². The van der Waals surface area contributed by atoms with Crippen LogP contribution in [0.2, 0.25) is 0 Å². The molecule has 1 atom stereocenters. The number of rotatable bonds is 5. The van der Waals surface area contributed by atoms with Crippen LogP contribution in [-0.4, -0.2) is 40.2 Å². The molecule has 1 aliphatic rings. The number of nitrogens with zero attached hydrogens (tertiary/aromatic N) is 3. The lowest BCUT2D eigenvalue weighted by atomic mass is 9.88. The van der Waals surface area contributed by atoms with Crippen molar-refractivity contribution in [3.8, 4) is 17.1 Å². The van der Waals surface area contributed by atoms with Crippen LogP contribution in [0, 0.1) is 0 Å². The molecular formula is C24H26N4O2. The second kappa shape index (κ2) is 7.95. The molecule has 5 rings (SSSR count). The number of aromatic nitrogens is 3. The summed E-state index contributed by atoms with van der Waals surface area (Å²) in [7, 11) is 1.72. The zero-order valence-electron chi connectivity index (χ0n) is 17.3. The van der Waals surface area contributed by atoms with Crippen molar-refractivity contribution in [1.29, 1.82) is 0 Å². The van der Waals surface area contributed by atoms with E-state index in [1.807, 2.05) is 36.4 Å². The minimum Gasteiger partial charge on any atom is -0.497 e. The molecule has 30 heavy (non-hydrogen) atoms. The minimum absolute atomic E-state index is 0.110. The Balaban J connectivity index is 1.28. The number of methoxy groups -OCH3 is 1.